The van der Waals surface area contributed by atoms with Crippen LogP contribution in [-0.4, -0.2) is 21.0 Å². The fourth-order valence-corrected chi connectivity index (χ4v) is 2.52. The number of rotatable bonds is 4. The largest absolute Gasteiger partial charge is 0.481 e. The normalized spacial score (nSPS) is 10.4. The first-order chi connectivity index (χ1) is 8.15. The number of hydrogen-bond donors (Lipinski definition) is 1. The van der Waals surface area contributed by atoms with Gasteiger partial charge in [-0.05, 0) is 22.0 Å². The molecule has 0 amide bonds. The number of aryl methyl sites for hydroxylation is 1. The zero-order chi connectivity index (χ0) is 12.3. The average Bonchev–Trinajstić information content (AvgIpc) is 2.75. The van der Waals surface area contributed by atoms with Crippen LogP contribution in [0.4, 0.5) is 0 Å². The summed E-state index contributed by atoms with van der Waals surface area (Å²) in [6.07, 6.45) is 4.03. The van der Waals surface area contributed by atoms with Gasteiger partial charge in [0.05, 0.1) is 12.1 Å². The molecule has 0 atom stereocenters. The molecule has 2 aromatic rings. The zero-order valence-corrected chi connectivity index (χ0v) is 11.2. The molecule has 2 rings (SSSR count). The molecule has 0 saturated heterocycles. The highest BCUT2D eigenvalue weighted by Crippen LogP contribution is 2.25. The molecule has 2 aromatic heterocycles. The molecule has 0 aliphatic heterocycles. The molecular formula is C11H9BrN2O2S. The maximum atomic E-state index is 10.5. The van der Waals surface area contributed by atoms with E-state index in [9.17, 15) is 4.79 Å². The summed E-state index contributed by atoms with van der Waals surface area (Å²) < 4.78 is 0.900. The van der Waals surface area contributed by atoms with Gasteiger partial charge in [-0.3, -0.25) is 9.78 Å². The quantitative estimate of drug-likeness (QED) is 0.942. The Morgan fingerprint density at radius 2 is 2.29 bits per heavy atom. The van der Waals surface area contributed by atoms with E-state index >= 15 is 0 Å². The van der Waals surface area contributed by atoms with Crippen LogP contribution in [0.25, 0.3) is 10.6 Å². The van der Waals surface area contributed by atoms with E-state index in [0.717, 1.165) is 20.7 Å². The van der Waals surface area contributed by atoms with E-state index in [1.54, 1.807) is 12.4 Å². The highest BCUT2D eigenvalue weighted by molar-refractivity contribution is 9.10. The number of nitrogens with zero attached hydrogens (tertiary/aromatic N) is 2. The third-order valence-corrected chi connectivity index (χ3v) is 3.47. The van der Waals surface area contributed by atoms with Gasteiger partial charge in [0.1, 0.15) is 5.01 Å². The molecular weight excluding hydrogens is 304 g/mol. The number of thiazole rings is 1. The minimum atomic E-state index is -0.802. The summed E-state index contributed by atoms with van der Waals surface area (Å²) in [5.41, 5.74) is 1.75. The summed E-state index contributed by atoms with van der Waals surface area (Å²) in [7, 11) is 0. The van der Waals surface area contributed by atoms with Crippen molar-refractivity contribution in [3.8, 4) is 10.6 Å². The van der Waals surface area contributed by atoms with Gasteiger partial charge in [0.25, 0.3) is 0 Å². The highest BCUT2D eigenvalue weighted by atomic mass is 79.9. The molecule has 0 fully saturated rings. The topological polar surface area (TPSA) is 63.1 Å². The second-order valence-electron chi connectivity index (χ2n) is 3.43. The van der Waals surface area contributed by atoms with Crippen molar-refractivity contribution in [2.24, 2.45) is 0 Å². The molecule has 0 saturated carbocycles. The second-order valence-corrected chi connectivity index (χ2v) is 5.20. The molecule has 1 N–H and O–H groups in total. The van der Waals surface area contributed by atoms with E-state index in [2.05, 4.69) is 25.9 Å². The van der Waals surface area contributed by atoms with Gasteiger partial charge in [0.2, 0.25) is 0 Å². The van der Waals surface area contributed by atoms with Crippen LogP contribution in [0.1, 0.15) is 12.1 Å². The molecule has 0 bridgehead atoms. The van der Waals surface area contributed by atoms with Gasteiger partial charge in [0.15, 0.2) is 0 Å². The van der Waals surface area contributed by atoms with Crippen molar-refractivity contribution < 1.29 is 9.90 Å². The predicted octanol–water partition coefficient (Wildman–Crippen LogP) is 2.98. The lowest BCUT2D eigenvalue weighted by molar-refractivity contribution is -0.136. The van der Waals surface area contributed by atoms with Gasteiger partial charge < -0.3 is 5.11 Å². The summed E-state index contributed by atoms with van der Waals surface area (Å²) in [4.78, 5) is 18.9. The first-order valence-electron chi connectivity index (χ1n) is 4.92. The molecule has 88 valence electrons. The predicted molar refractivity (Wildman–Crippen MR) is 69.0 cm³/mol. The molecule has 0 unspecified atom stereocenters. The molecule has 0 radical (unpaired) electrons. The average molecular weight is 313 g/mol. The number of aliphatic carboxylic acids is 1. The van der Waals surface area contributed by atoms with Gasteiger partial charge in [-0.1, -0.05) is 0 Å². The maximum absolute atomic E-state index is 10.5. The zero-order valence-electron chi connectivity index (χ0n) is 8.76. The Morgan fingerprint density at radius 1 is 1.47 bits per heavy atom. The summed E-state index contributed by atoms with van der Waals surface area (Å²) in [6.45, 7) is 0. The van der Waals surface area contributed by atoms with Crippen molar-refractivity contribution in [1.82, 2.24) is 9.97 Å². The second kappa shape index (κ2) is 5.37. The van der Waals surface area contributed by atoms with Crippen molar-refractivity contribution in [3.05, 3.63) is 34.0 Å². The van der Waals surface area contributed by atoms with E-state index in [0.29, 0.717) is 6.42 Å². The van der Waals surface area contributed by atoms with Gasteiger partial charge >= 0.3 is 5.97 Å². The first kappa shape index (κ1) is 12.2. The molecule has 0 spiro atoms. The Kier molecular flexibility index (Phi) is 3.86. The Hall–Kier alpha value is -1.27. The fraction of sp³-hybridized carbons (Fsp3) is 0.182. The van der Waals surface area contributed by atoms with Gasteiger partial charge in [-0.25, -0.2) is 4.98 Å². The van der Waals surface area contributed by atoms with Crippen molar-refractivity contribution in [2.75, 3.05) is 0 Å². The number of carbonyl (C=O) groups is 1. The van der Waals surface area contributed by atoms with Crippen LogP contribution in [0.2, 0.25) is 0 Å². The van der Waals surface area contributed by atoms with Gasteiger partial charge in [0, 0.05) is 34.2 Å². The van der Waals surface area contributed by atoms with Gasteiger partial charge in [-0.2, -0.15) is 0 Å². The third-order valence-electron chi connectivity index (χ3n) is 2.10. The summed E-state index contributed by atoms with van der Waals surface area (Å²) in [5, 5.41) is 11.3. The molecule has 0 aliphatic carbocycles. The number of pyridine rings is 1. The standard InChI is InChI=1S/C11H9BrN2O2S/c12-8-3-7(4-13-5-8)11-14-9(6-17-11)1-2-10(15)16/h3-6H,1-2H2,(H,15,16). The molecule has 6 heteroatoms. The van der Waals surface area contributed by atoms with Crippen LogP contribution >= 0.6 is 27.3 Å². The monoisotopic (exact) mass is 312 g/mol. The van der Waals surface area contributed by atoms with E-state index in [4.69, 9.17) is 5.11 Å². The van der Waals surface area contributed by atoms with Crippen molar-refractivity contribution in [1.29, 1.82) is 0 Å². The van der Waals surface area contributed by atoms with Crippen LogP contribution in [0.3, 0.4) is 0 Å². The van der Waals surface area contributed by atoms with Crippen molar-refractivity contribution in [3.63, 3.8) is 0 Å². The summed E-state index contributed by atoms with van der Waals surface area (Å²) >= 11 is 4.85. The molecule has 4 nitrogen and oxygen atoms in total. The van der Waals surface area contributed by atoms with E-state index < -0.39 is 5.97 Å². The molecule has 17 heavy (non-hydrogen) atoms. The van der Waals surface area contributed by atoms with Gasteiger partial charge in [-0.15, -0.1) is 11.3 Å². The van der Waals surface area contributed by atoms with E-state index in [-0.39, 0.29) is 6.42 Å². The Balaban J connectivity index is 2.15. The maximum Gasteiger partial charge on any atom is 0.303 e. The number of carboxylic acid groups (broad SMARTS) is 1. The highest BCUT2D eigenvalue weighted by Gasteiger charge is 2.07. The first-order valence-corrected chi connectivity index (χ1v) is 6.59. The molecule has 0 aromatic carbocycles. The number of hydrogen-bond acceptors (Lipinski definition) is 4. The summed E-state index contributed by atoms with van der Waals surface area (Å²) in [5.74, 6) is -0.802. The van der Waals surface area contributed by atoms with Crippen molar-refractivity contribution in [2.45, 2.75) is 12.8 Å². The van der Waals surface area contributed by atoms with E-state index in [1.165, 1.54) is 11.3 Å². The SMILES string of the molecule is O=C(O)CCc1csc(-c2cncc(Br)c2)n1. The van der Waals surface area contributed by atoms with Crippen LogP contribution in [0.5, 0.6) is 0 Å². The minimum Gasteiger partial charge on any atom is -0.481 e. The molecule has 0 aliphatic rings. The number of aromatic nitrogens is 2. The summed E-state index contributed by atoms with van der Waals surface area (Å²) in [6, 6.07) is 1.94. The Labute approximate surface area is 110 Å². The van der Waals surface area contributed by atoms with Crippen LogP contribution in [0, 0.1) is 0 Å². The van der Waals surface area contributed by atoms with Crippen LogP contribution in [-0.2, 0) is 11.2 Å². The lowest BCUT2D eigenvalue weighted by atomic mass is 10.2. The van der Waals surface area contributed by atoms with Crippen LogP contribution < -0.4 is 0 Å². The lowest BCUT2D eigenvalue weighted by Crippen LogP contribution is -1.97. The van der Waals surface area contributed by atoms with E-state index in [1.807, 2.05) is 11.4 Å². The van der Waals surface area contributed by atoms with Crippen molar-refractivity contribution >= 4 is 33.2 Å². The minimum absolute atomic E-state index is 0.111. The Morgan fingerprint density at radius 3 is 3.00 bits per heavy atom. The smallest absolute Gasteiger partial charge is 0.303 e. The Bertz CT molecular complexity index is 542. The molecule has 2 heterocycles. The fourth-order valence-electron chi connectivity index (χ4n) is 1.32. The lowest BCUT2D eigenvalue weighted by Gasteiger charge is -1.96. The third kappa shape index (κ3) is 3.34. The number of carboxylic acids is 1. The van der Waals surface area contributed by atoms with Crippen LogP contribution in [0.15, 0.2) is 28.3 Å². The number of halogens is 1.